The first-order valence-corrected chi connectivity index (χ1v) is 10.0. The number of halogens is 1. The second-order valence-corrected chi connectivity index (χ2v) is 8.15. The maximum absolute atomic E-state index is 13.4. The van der Waals surface area contributed by atoms with E-state index in [1.54, 1.807) is 0 Å². The highest BCUT2D eigenvalue weighted by Crippen LogP contribution is 2.30. The fourth-order valence-electron chi connectivity index (χ4n) is 3.35. The molecule has 11 heteroatoms. The minimum Gasteiger partial charge on any atom is -0.473 e. The Kier molecular flexibility index (Phi) is 8.17. The van der Waals surface area contributed by atoms with Crippen LogP contribution in [0.2, 0.25) is 0 Å². The molecule has 1 saturated heterocycles. The van der Waals surface area contributed by atoms with Crippen LogP contribution in [0.25, 0.3) is 0 Å². The molecule has 170 valence electrons. The van der Waals surface area contributed by atoms with Gasteiger partial charge >= 0.3 is 11.9 Å². The Bertz CT molecular complexity index is 861. The van der Waals surface area contributed by atoms with Gasteiger partial charge in [0.1, 0.15) is 5.82 Å². The first-order chi connectivity index (χ1) is 14.5. The van der Waals surface area contributed by atoms with Gasteiger partial charge in [-0.1, -0.05) is 19.1 Å². The van der Waals surface area contributed by atoms with Crippen molar-refractivity contribution in [1.29, 1.82) is 0 Å². The molecular formula is C20H29FN6O4. The van der Waals surface area contributed by atoms with Crippen LogP contribution in [0.3, 0.4) is 0 Å². The molecule has 1 aliphatic rings. The Morgan fingerprint density at radius 1 is 1.06 bits per heavy atom. The number of hydrogen-bond acceptors (Lipinski definition) is 7. The number of nitrogens with zero attached hydrogens (tertiary/aromatic N) is 6. The zero-order valence-electron chi connectivity index (χ0n) is 18.2. The van der Waals surface area contributed by atoms with Gasteiger partial charge < -0.3 is 15.1 Å². The summed E-state index contributed by atoms with van der Waals surface area (Å²) in [6, 6.07) is 6.63. The number of piperazine rings is 1. The summed E-state index contributed by atoms with van der Waals surface area (Å²) >= 11 is 0. The van der Waals surface area contributed by atoms with E-state index < -0.39 is 11.9 Å². The van der Waals surface area contributed by atoms with Crippen LogP contribution in [-0.2, 0) is 15.1 Å². The molecule has 1 fully saturated rings. The molecule has 1 atom stereocenters. The summed E-state index contributed by atoms with van der Waals surface area (Å²) in [7, 11) is 0. The zero-order chi connectivity index (χ0) is 23.2. The molecule has 10 nitrogen and oxygen atoms in total. The highest BCUT2D eigenvalue weighted by Gasteiger charge is 2.32. The van der Waals surface area contributed by atoms with Crippen LogP contribution in [-0.4, -0.2) is 84.9 Å². The molecule has 0 aliphatic carbocycles. The molecule has 2 N–H and O–H groups in total. The molecule has 1 aliphatic heterocycles. The molecule has 0 saturated carbocycles. The minimum atomic E-state index is -1.82. The lowest BCUT2D eigenvalue weighted by molar-refractivity contribution is -0.159. The Morgan fingerprint density at radius 3 is 2.06 bits per heavy atom. The first kappa shape index (κ1) is 24.4. The van der Waals surface area contributed by atoms with Crippen molar-refractivity contribution in [2.24, 2.45) is 0 Å². The standard InChI is InChI=1S/C18H27FN6.C2H2O4/c1-5-23-10-12-24(13-11-23)16(14-6-8-15(19)9-7-14)17-20-21-22-25(17)18(2,3)4;3-1(4)2(5)6/h6-9,16H,5,10-13H2,1-4H3;(H,3,4)(H,5,6). The second kappa shape index (κ2) is 10.4. The molecule has 0 spiro atoms. The molecule has 0 radical (unpaired) electrons. The number of benzene rings is 1. The number of hydrogen-bond donors (Lipinski definition) is 2. The summed E-state index contributed by atoms with van der Waals surface area (Å²) in [5.41, 5.74) is 0.800. The molecule has 2 aromatic rings. The van der Waals surface area contributed by atoms with Crippen molar-refractivity contribution in [2.45, 2.75) is 39.3 Å². The van der Waals surface area contributed by atoms with Gasteiger partial charge in [-0.2, -0.15) is 0 Å². The van der Waals surface area contributed by atoms with Gasteiger partial charge in [-0.05, 0) is 55.4 Å². The number of carboxylic acid groups (broad SMARTS) is 2. The Balaban J connectivity index is 0.000000501. The third kappa shape index (κ3) is 6.53. The first-order valence-electron chi connectivity index (χ1n) is 10.0. The van der Waals surface area contributed by atoms with Crippen LogP contribution in [0.4, 0.5) is 4.39 Å². The van der Waals surface area contributed by atoms with Crippen molar-refractivity contribution < 1.29 is 24.2 Å². The summed E-state index contributed by atoms with van der Waals surface area (Å²) in [6.07, 6.45) is 0. The van der Waals surface area contributed by atoms with Crippen molar-refractivity contribution in [2.75, 3.05) is 32.7 Å². The van der Waals surface area contributed by atoms with E-state index in [4.69, 9.17) is 19.8 Å². The van der Waals surface area contributed by atoms with E-state index in [9.17, 15) is 4.39 Å². The van der Waals surface area contributed by atoms with E-state index in [1.807, 2.05) is 16.8 Å². The fourth-order valence-corrected chi connectivity index (χ4v) is 3.35. The van der Waals surface area contributed by atoms with Crippen LogP contribution in [0.5, 0.6) is 0 Å². The van der Waals surface area contributed by atoms with Gasteiger partial charge in [0.25, 0.3) is 0 Å². The quantitative estimate of drug-likeness (QED) is 0.685. The maximum Gasteiger partial charge on any atom is 0.414 e. The van der Waals surface area contributed by atoms with Crippen LogP contribution < -0.4 is 0 Å². The fraction of sp³-hybridized carbons (Fsp3) is 0.550. The third-order valence-corrected chi connectivity index (χ3v) is 4.96. The second-order valence-electron chi connectivity index (χ2n) is 8.15. The third-order valence-electron chi connectivity index (χ3n) is 4.96. The van der Waals surface area contributed by atoms with E-state index in [1.165, 1.54) is 12.1 Å². The molecule has 0 bridgehead atoms. The van der Waals surface area contributed by atoms with Gasteiger partial charge in [-0.15, -0.1) is 5.10 Å². The molecule has 1 aromatic carbocycles. The minimum absolute atomic E-state index is 0.0752. The van der Waals surface area contributed by atoms with Gasteiger partial charge in [0.05, 0.1) is 11.6 Å². The van der Waals surface area contributed by atoms with E-state index in [0.29, 0.717) is 0 Å². The number of carbonyl (C=O) groups is 2. The molecule has 1 aromatic heterocycles. The smallest absolute Gasteiger partial charge is 0.414 e. The average Bonchev–Trinajstić information content (AvgIpc) is 3.20. The summed E-state index contributed by atoms with van der Waals surface area (Å²) in [6.45, 7) is 13.4. The lowest BCUT2D eigenvalue weighted by atomic mass is 10.0. The summed E-state index contributed by atoms with van der Waals surface area (Å²) < 4.78 is 15.3. The number of aliphatic carboxylic acids is 2. The van der Waals surface area contributed by atoms with Crippen LogP contribution in [0, 0.1) is 5.82 Å². The number of carboxylic acids is 2. The Labute approximate surface area is 180 Å². The predicted molar refractivity (Wildman–Crippen MR) is 110 cm³/mol. The van der Waals surface area contributed by atoms with Gasteiger partial charge in [0.2, 0.25) is 0 Å². The molecule has 0 amide bonds. The van der Waals surface area contributed by atoms with E-state index in [-0.39, 0.29) is 17.4 Å². The topological polar surface area (TPSA) is 125 Å². The van der Waals surface area contributed by atoms with E-state index >= 15 is 0 Å². The molecule has 1 unspecified atom stereocenters. The lowest BCUT2D eigenvalue weighted by Gasteiger charge is -2.39. The predicted octanol–water partition coefficient (Wildman–Crippen LogP) is 1.45. The molecule has 2 heterocycles. The average molecular weight is 436 g/mol. The van der Waals surface area contributed by atoms with Crippen LogP contribution >= 0.6 is 0 Å². The van der Waals surface area contributed by atoms with Crippen LogP contribution in [0.15, 0.2) is 24.3 Å². The monoisotopic (exact) mass is 436 g/mol. The normalized spacial score (nSPS) is 16.3. The van der Waals surface area contributed by atoms with Crippen LogP contribution in [0.1, 0.15) is 45.1 Å². The number of aromatic nitrogens is 4. The Hall–Kier alpha value is -2.92. The highest BCUT2D eigenvalue weighted by molar-refractivity contribution is 6.27. The van der Waals surface area contributed by atoms with Gasteiger partial charge in [-0.3, -0.25) is 4.90 Å². The van der Waals surface area contributed by atoms with Crippen molar-refractivity contribution in [3.05, 3.63) is 41.5 Å². The van der Waals surface area contributed by atoms with Gasteiger partial charge in [-0.25, -0.2) is 18.7 Å². The SMILES string of the molecule is CCN1CCN(C(c2ccc(F)cc2)c2nnnn2C(C)(C)C)CC1.O=C(O)C(=O)O. The van der Waals surface area contributed by atoms with E-state index in [0.717, 1.165) is 44.1 Å². The zero-order valence-corrected chi connectivity index (χ0v) is 18.2. The summed E-state index contributed by atoms with van der Waals surface area (Å²) in [4.78, 5) is 23.0. The van der Waals surface area contributed by atoms with Gasteiger partial charge in [0, 0.05) is 26.2 Å². The van der Waals surface area contributed by atoms with Gasteiger partial charge in [0.15, 0.2) is 5.82 Å². The molecule has 31 heavy (non-hydrogen) atoms. The number of likely N-dealkylation sites (N-methyl/N-ethyl adjacent to an activating group) is 1. The van der Waals surface area contributed by atoms with Crippen molar-refractivity contribution in [3.63, 3.8) is 0 Å². The Morgan fingerprint density at radius 2 is 1.61 bits per heavy atom. The largest absolute Gasteiger partial charge is 0.473 e. The highest BCUT2D eigenvalue weighted by atomic mass is 19.1. The summed E-state index contributed by atoms with van der Waals surface area (Å²) in [5, 5.41) is 27.3. The summed E-state index contributed by atoms with van der Waals surface area (Å²) in [5.74, 6) is -3.07. The van der Waals surface area contributed by atoms with Crippen molar-refractivity contribution in [1.82, 2.24) is 30.0 Å². The van der Waals surface area contributed by atoms with Crippen molar-refractivity contribution in [3.8, 4) is 0 Å². The lowest BCUT2D eigenvalue weighted by Crippen LogP contribution is -2.48. The van der Waals surface area contributed by atoms with E-state index in [2.05, 4.69) is 53.0 Å². The molecular weight excluding hydrogens is 407 g/mol. The number of rotatable bonds is 4. The van der Waals surface area contributed by atoms with Crippen molar-refractivity contribution >= 4 is 11.9 Å². The molecule has 3 rings (SSSR count). The number of tetrazole rings is 1. The maximum atomic E-state index is 13.4.